The van der Waals surface area contributed by atoms with E-state index in [0.29, 0.717) is 19.3 Å². The zero-order valence-electron chi connectivity index (χ0n) is 11.4. The number of rotatable bonds is 5. The van der Waals surface area contributed by atoms with Crippen LogP contribution in [0, 0.1) is 0 Å². The standard InChI is InChI=1S/C15H21NO3/c1-10(13-5-3-4-6-14(13)19-2)7-15(18)16-11-8-12(17)9-11/h3-6,10-12,17H,7-9H2,1-2H3,(H,16,18)/t10-,11?,12?/m1/s1. The molecule has 4 nitrogen and oxygen atoms in total. The van der Waals surface area contributed by atoms with Crippen LogP contribution in [-0.2, 0) is 4.79 Å². The molecule has 0 aliphatic heterocycles. The molecule has 1 aromatic carbocycles. The number of carbonyl (C=O) groups excluding carboxylic acids is 1. The Morgan fingerprint density at radius 3 is 2.79 bits per heavy atom. The van der Waals surface area contributed by atoms with Crippen molar-refractivity contribution in [1.29, 1.82) is 0 Å². The van der Waals surface area contributed by atoms with Crippen LogP contribution in [0.2, 0.25) is 0 Å². The highest BCUT2D eigenvalue weighted by molar-refractivity contribution is 5.77. The van der Waals surface area contributed by atoms with Crippen molar-refractivity contribution in [3.63, 3.8) is 0 Å². The lowest BCUT2D eigenvalue weighted by atomic mass is 9.89. The van der Waals surface area contributed by atoms with Crippen LogP contribution in [0.1, 0.15) is 37.7 Å². The summed E-state index contributed by atoms with van der Waals surface area (Å²) in [5.41, 5.74) is 1.05. The third-order valence-corrected chi connectivity index (χ3v) is 3.64. The minimum atomic E-state index is -0.239. The molecule has 2 rings (SSSR count). The number of amides is 1. The first-order valence-corrected chi connectivity index (χ1v) is 6.70. The number of ether oxygens (including phenoxy) is 1. The number of carbonyl (C=O) groups is 1. The molecule has 1 amide bonds. The van der Waals surface area contributed by atoms with E-state index in [4.69, 9.17) is 4.74 Å². The summed E-state index contributed by atoms with van der Waals surface area (Å²) >= 11 is 0. The molecule has 1 atom stereocenters. The predicted octanol–water partition coefficient (Wildman–Crippen LogP) is 1.83. The van der Waals surface area contributed by atoms with Crippen molar-refractivity contribution in [3.05, 3.63) is 29.8 Å². The maximum atomic E-state index is 11.9. The Labute approximate surface area is 113 Å². The Hall–Kier alpha value is -1.55. The predicted molar refractivity (Wildman–Crippen MR) is 73.2 cm³/mol. The van der Waals surface area contributed by atoms with Gasteiger partial charge in [0.1, 0.15) is 5.75 Å². The topological polar surface area (TPSA) is 58.6 Å². The van der Waals surface area contributed by atoms with E-state index >= 15 is 0 Å². The molecule has 0 heterocycles. The average Bonchev–Trinajstić information content (AvgIpc) is 2.36. The first-order valence-electron chi connectivity index (χ1n) is 6.70. The molecule has 0 radical (unpaired) electrons. The summed E-state index contributed by atoms with van der Waals surface area (Å²) in [6.07, 6.45) is 1.55. The summed E-state index contributed by atoms with van der Waals surface area (Å²) in [5, 5.41) is 12.1. The largest absolute Gasteiger partial charge is 0.496 e. The number of benzene rings is 1. The van der Waals surface area contributed by atoms with Crippen molar-refractivity contribution in [1.82, 2.24) is 5.32 Å². The monoisotopic (exact) mass is 263 g/mol. The second-order valence-electron chi connectivity index (χ2n) is 5.24. The molecule has 0 aromatic heterocycles. The van der Waals surface area contributed by atoms with Crippen molar-refractivity contribution in [2.24, 2.45) is 0 Å². The Bertz CT molecular complexity index is 441. The molecular formula is C15H21NO3. The van der Waals surface area contributed by atoms with E-state index in [-0.39, 0.29) is 24.0 Å². The van der Waals surface area contributed by atoms with Gasteiger partial charge in [-0.1, -0.05) is 25.1 Å². The summed E-state index contributed by atoms with van der Waals surface area (Å²) < 4.78 is 5.31. The number of aliphatic hydroxyl groups excluding tert-OH is 1. The Balaban J connectivity index is 1.89. The highest BCUT2D eigenvalue weighted by Gasteiger charge is 2.28. The van der Waals surface area contributed by atoms with Gasteiger partial charge in [0.25, 0.3) is 0 Å². The van der Waals surface area contributed by atoms with E-state index in [9.17, 15) is 9.90 Å². The molecule has 4 heteroatoms. The van der Waals surface area contributed by atoms with Crippen LogP contribution in [0.25, 0.3) is 0 Å². The van der Waals surface area contributed by atoms with E-state index in [1.54, 1.807) is 7.11 Å². The van der Waals surface area contributed by atoms with Gasteiger partial charge in [-0.2, -0.15) is 0 Å². The molecule has 1 aliphatic carbocycles. The van der Waals surface area contributed by atoms with E-state index in [1.807, 2.05) is 31.2 Å². The number of methoxy groups -OCH3 is 1. The molecule has 0 saturated heterocycles. The van der Waals surface area contributed by atoms with E-state index in [0.717, 1.165) is 11.3 Å². The van der Waals surface area contributed by atoms with Crippen LogP contribution in [0.4, 0.5) is 0 Å². The fourth-order valence-corrected chi connectivity index (χ4v) is 2.45. The van der Waals surface area contributed by atoms with Gasteiger partial charge in [0.15, 0.2) is 0 Å². The molecule has 0 bridgehead atoms. The van der Waals surface area contributed by atoms with Crippen LogP contribution in [0.5, 0.6) is 5.75 Å². The second kappa shape index (κ2) is 6.06. The smallest absolute Gasteiger partial charge is 0.220 e. The van der Waals surface area contributed by atoms with Gasteiger partial charge < -0.3 is 15.2 Å². The number of hydrogen-bond donors (Lipinski definition) is 2. The zero-order valence-corrected chi connectivity index (χ0v) is 11.4. The zero-order chi connectivity index (χ0) is 13.8. The highest BCUT2D eigenvalue weighted by atomic mass is 16.5. The maximum absolute atomic E-state index is 11.9. The van der Waals surface area contributed by atoms with Crippen molar-refractivity contribution < 1.29 is 14.6 Å². The Kier molecular flexibility index (Phi) is 4.43. The van der Waals surface area contributed by atoms with Crippen LogP contribution in [0.15, 0.2) is 24.3 Å². The minimum absolute atomic E-state index is 0.0373. The van der Waals surface area contributed by atoms with Gasteiger partial charge in [-0.3, -0.25) is 4.79 Å². The van der Waals surface area contributed by atoms with Crippen LogP contribution in [-0.4, -0.2) is 30.3 Å². The highest BCUT2D eigenvalue weighted by Crippen LogP contribution is 2.28. The van der Waals surface area contributed by atoms with Gasteiger partial charge in [0, 0.05) is 12.5 Å². The first-order chi connectivity index (χ1) is 9.10. The quantitative estimate of drug-likeness (QED) is 0.852. The summed E-state index contributed by atoms with van der Waals surface area (Å²) in [6, 6.07) is 7.92. The molecular weight excluding hydrogens is 242 g/mol. The lowest BCUT2D eigenvalue weighted by Crippen LogP contribution is -2.46. The molecule has 19 heavy (non-hydrogen) atoms. The first kappa shape index (κ1) is 13.9. The summed E-state index contributed by atoms with van der Waals surface area (Å²) in [5.74, 6) is 0.971. The van der Waals surface area contributed by atoms with Crippen molar-refractivity contribution in [2.75, 3.05) is 7.11 Å². The van der Waals surface area contributed by atoms with Gasteiger partial charge in [-0.05, 0) is 30.4 Å². The Morgan fingerprint density at radius 2 is 2.16 bits per heavy atom. The minimum Gasteiger partial charge on any atom is -0.496 e. The molecule has 1 fully saturated rings. The normalized spacial score (nSPS) is 23.3. The van der Waals surface area contributed by atoms with Crippen molar-refractivity contribution in [2.45, 2.75) is 44.2 Å². The second-order valence-corrected chi connectivity index (χ2v) is 5.24. The van der Waals surface area contributed by atoms with Crippen molar-refractivity contribution >= 4 is 5.91 Å². The van der Waals surface area contributed by atoms with E-state index < -0.39 is 0 Å². The summed E-state index contributed by atoms with van der Waals surface area (Å²) in [4.78, 5) is 11.9. The maximum Gasteiger partial charge on any atom is 0.220 e. The molecule has 104 valence electrons. The van der Waals surface area contributed by atoms with Gasteiger partial charge >= 0.3 is 0 Å². The Morgan fingerprint density at radius 1 is 1.47 bits per heavy atom. The van der Waals surface area contributed by atoms with Gasteiger partial charge in [-0.15, -0.1) is 0 Å². The lowest BCUT2D eigenvalue weighted by molar-refractivity contribution is -0.123. The molecule has 0 unspecified atom stereocenters. The van der Waals surface area contributed by atoms with Gasteiger partial charge in [0.05, 0.1) is 13.2 Å². The van der Waals surface area contributed by atoms with E-state index in [2.05, 4.69) is 5.32 Å². The third kappa shape index (κ3) is 3.47. The summed E-state index contributed by atoms with van der Waals surface area (Å²) in [7, 11) is 1.64. The number of hydrogen-bond acceptors (Lipinski definition) is 3. The van der Waals surface area contributed by atoms with Gasteiger partial charge in [-0.25, -0.2) is 0 Å². The number of aliphatic hydroxyl groups is 1. The molecule has 1 aromatic rings. The van der Waals surface area contributed by atoms with Gasteiger partial charge in [0.2, 0.25) is 5.91 Å². The molecule has 0 spiro atoms. The van der Waals surface area contributed by atoms with Crippen molar-refractivity contribution in [3.8, 4) is 5.75 Å². The fraction of sp³-hybridized carbons (Fsp3) is 0.533. The third-order valence-electron chi connectivity index (χ3n) is 3.64. The van der Waals surface area contributed by atoms with Crippen LogP contribution < -0.4 is 10.1 Å². The van der Waals surface area contributed by atoms with Crippen LogP contribution >= 0.6 is 0 Å². The molecule has 2 N–H and O–H groups in total. The average molecular weight is 263 g/mol. The van der Waals surface area contributed by atoms with Crippen LogP contribution in [0.3, 0.4) is 0 Å². The summed E-state index contributed by atoms with van der Waals surface area (Å²) in [6.45, 7) is 2.02. The number of nitrogens with one attached hydrogen (secondary N) is 1. The lowest BCUT2D eigenvalue weighted by Gasteiger charge is -2.32. The molecule has 1 aliphatic rings. The molecule has 1 saturated carbocycles. The number of para-hydroxylation sites is 1. The SMILES string of the molecule is COc1ccccc1[C@H](C)CC(=O)NC1CC(O)C1. The van der Waals surface area contributed by atoms with E-state index in [1.165, 1.54) is 0 Å². The fourth-order valence-electron chi connectivity index (χ4n) is 2.45.